The lowest BCUT2D eigenvalue weighted by atomic mass is 9.98. The zero-order valence-electron chi connectivity index (χ0n) is 8.90. The Morgan fingerprint density at radius 1 is 1.31 bits per heavy atom. The van der Waals surface area contributed by atoms with Crippen LogP contribution in [0.15, 0.2) is 6.07 Å². The highest BCUT2D eigenvalue weighted by Gasteiger charge is 2.34. The summed E-state index contributed by atoms with van der Waals surface area (Å²) in [5, 5.41) is 21.0. The van der Waals surface area contributed by atoms with E-state index in [2.05, 4.69) is 6.07 Å². The van der Waals surface area contributed by atoms with Crippen molar-refractivity contribution < 1.29 is 10.0 Å². The number of nitro benzene ring substituents is 1. The summed E-state index contributed by atoms with van der Waals surface area (Å²) in [4.78, 5) is 10.9. The van der Waals surface area contributed by atoms with Crippen LogP contribution in [0.5, 0.6) is 0 Å². The van der Waals surface area contributed by atoms with Crippen LogP contribution in [0.2, 0.25) is 0 Å². The van der Waals surface area contributed by atoms with Crippen LogP contribution in [0.3, 0.4) is 0 Å². The molecule has 0 heterocycles. The predicted octanol–water partition coefficient (Wildman–Crippen LogP) is 2.06. The Kier molecular flexibility index (Phi) is 2.01. The third kappa shape index (κ3) is 1.19. The standard InChI is InChI=1S/C12H13NO3/c14-10-5-4-8-6-7-2-1-3-9(7)12(11(8)10)13(15)16/h6,10,14H,1-5H2/t10-/m0/s1. The molecule has 0 saturated heterocycles. The Hall–Kier alpha value is -1.42. The summed E-state index contributed by atoms with van der Waals surface area (Å²) in [6.07, 6.45) is 3.48. The van der Waals surface area contributed by atoms with Gasteiger partial charge in [-0.3, -0.25) is 10.1 Å². The van der Waals surface area contributed by atoms with E-state index in [1.807, 2.05) is 0 Å². The molecule has 1 aromatic carbocycles. The van der Waals surface area contributed by atoms with Crippen molar-refractivity contribution in [3.05, 3.63) is 38.4 Å². The predicted molar refractivity (Wildman–Crippen MR) is 58.4 cm³/mol. The SMILES string of the molecule is O=[N+]([O-])c1c2c(cc3c1[C@@H](O)CC3)CCC2. The number of nitro groups is 1. The molecule has 0 saturated carbocycles. The second-order valence-corrected chi connectivity index (χ2v) is 4.60. The second-order valence-electron chi connectivity index (χ2n) is 4.60. The first-order valence-corrected chi connectivity index (χ1v) is 5.68. The zero-order chi connectivity index (χ0) is 11.3. The molecule has 2 aliphatic rings. The number of fused-ring (bicyclic) bond motifs is 2. The van der Waals surface area contributed by atoms with Crippen LogP contribution in [0.4, 0.5) is 5.69 Å². The Morgan fingerprint density at radius 3 is 2.88 bits per heavy atom. The minimum absolute atomic E-state index is 0.204. The molecular formula is C12H13NO3. The molecule has 0 aromatic heterocycles. The van der Waals surface area contributed by atoms with Gasteiger partial charge in [0.15, 0.2) is 0 Å². The monoisotopic (exact) mass is 219 g/mol. The van der Waals surface area contributed by atoms with Crippen molar-refractivity contribution >= 4 is 5.69 Å². The minimum atomic E-state index is -0.638. The van der Waals surface area contributed by atoms with E-state index in [1.54, 1.807) is 0 Å². The molecule has 2 aliphatic carbocycles. The molecule has 0 amide bonds. The van der Waals surface area contributed by atoms with Crippen molar-refractivity contribution in [2.24, 2.45) is 0 Å². The quantitative estimate of drug-likeness (QED) is 0.580. The molecule has 4 heteroatoms. The van der Waals surface area contributed by atoms with Crippen LogP contribution in [-0.2, 0) is 19.3 Å². The molecule has 1 atom stereocenters. The number of benzene rings is 1. The highest BCUT2D eigenvalue weighted by atomic mass is 16.6. The number of rotatable bonds is 1. The molecule has 0 spiro atoms. The summed E-state index contributed by atoms with van der Waals surface area (Å²) in [5.41, 5.74) is 3.77. The van der Waals surface area contributed by atoms with Crippen LogP contribution < -0.4 is 0 Å². The average molecular weight is 219 g/mol. The Balaban J connectivity index is 2.30. The van der Waals surface area contributed by atoms with Gasteiger partial charge in [0.05, 0.1) is 16.6 Å². The number of hydrogen-bond acceptors (Lipinski definition) is 3. The van der Waals surface area contributed by atoms with E-state index in [4.69, 9.17) is 0 Å². The van der Waals surface area contributed by atoms with Crippen molar-refractivity contribution in [2.45, 2.75) is 38.2 Å². The Labute approximate surface area is 93.1 Å². The fourth-order valence-corrected chi connectivity index (χ4v) is 3.02. The Bertz CT molecular complexity index is 482. The molecule has 3 rings (SSSR count). The van der Waals surface area contributed by atoms with Crippen molar-refractivity contribution in [1.82, 2.24) is 0 Å². The molecular weight excluding hydrogens is 206 g/mol. The summed E-state index contributed by atoms with van der Waals surface area (Å²) < 4.78 is 0. The first kappa shape index (κ1) is 9.78. The normalized spacial score (nSPS) is 21.9. The van der Waals surface area contributed by atoms with Crippen LogP contribution >= 0.6 is 0 Å². The molecule has 4 nitrogen and oxygen atoms in total. The molecule has 84 valence electrons. The van der Waals surface area contributed by atoms with Gasteiger partial charge in [-0.15, -0.1) is 0 Å². The molecule has 0 aliphatic heterocycles. The van der Waals surface area contributed by atoms with E-state index < -0.39 is 6.10 Å². The summed E-state index contributed by atoms with van der Waals surface area (Å²) in [6, 6.07) is 2.07. The number of aliphatic hydroxyl groups is 1. The number of nitrogens with zero attached hydrogens (tertiary/aromatic N) is 1. The van der Waals surface area contributed by atoms with Gasteiger partial charge in [-0.05, 0) is 43.2 Å². The third-order valence-corrected chi connectivity index (χ3v) is 3.70. The van der Waals surface area contributed by atoms with Gasteiger partial charge in [0.1, 0.15) is 0 Å². The van der Waals surface area contributed by atoms with Gasteiger partial charge in [0.25, 0.3) is 5.69 Å². The highest BCUT2D eigenvalue weighted by molar-refractivity contribution is 5.59. The maximum absolute atomic E-state index is 11.2. The van der Waals surface area contributed by atoms with Gasteiger partial charge in [0, 0.05) is 5.56 Å². The largest absolute Gasteiger partial charge is 0.388 e. The molecule has 0 fully saturated rings. The lowest BCUT2D eigenvalue weighted by Gasteiger charge is -2.09. The lowest BCUT2D eigenvalue weighted by Crippen LogP contribution is -2.03. The van der Waals surface area contributed by atoms with Gasteiger partial charge >= 0.3 is 0 Å². The van der Waals surface area contributed by atoms with E-state index in [0.29, 0.717) is 12.0 Å². The number of hydrogen-bond donors (Lipinski definition) is 1. The summed E-state index contributed by atoms with van der Waals surface area (Å²) in [5.74, 6) is 0. The molecule has 0 unspecified atom stereocenters. The second kappa shape index (κ2) is 3.28. The first-order valence-electron chi connectivity index (χ1n) is 5.68. The van der Waals surface area contributed by atoms with Crippen LogP contribution in [-0.4, -0.2) is 10.0 Å². The fraction of sp³-hybridized carbons (Fsp3) is 0.500. The van der Waals surface area contributed by atoms with Crippen LogP contribution in [0, 0.1) is 10.1 Å². The van der Waals surface area contributed by atoms with Gasteiger partial charge in [-0.25, -0.2) is 0 Å². The van der Waals surface area contributed by atoms with Gasteiger partial charge in [-0.2, -0.15) is 0 Å². The maximum Gasteiger partial charge on any atom is 0.278 e. The lowest BCUT2D eigenvalue weighted by molar-refractivity contribution is -0.386. The third-order valence-electron chi connectivity index (χ3n) is 3.70. The van der Waals surface area contributed by atoms with Gasteiger partial charge in [0.2, 0.25) is 0 Å². The first-order chi connectivity index (χ1) is 7.68. The van der Waals surface area contributed by atoms with E-state index in [0.717, 1.165) is 42.4 Å². The van der Waals surface area contributed by atoms with E-state index >= 15 is 0 Å². The fourth-order valence-electron chi connectivity index (χ4n) is 3.02. The molecule has 0 bridgehead atoms. The molecule has 0 radical (unpaired) electrons. The summed E-state index contributed by atoms with van der Waals surface area (Å²) in [6.45, 7) is 0. The minimum Gasteiger partial charge on any atom is -0.388 e. The molecule has 1 N–H and O–H groups in total. The number of aryl methyl sites for hydroxylation is 2. The van der Waals surface area contributed by atoms with Crippen molar-refractivity contribution in [1.29, 1.82) is 0 Å². The van der Waals surface area contributed by atoms with Crippen LogP contribution in [0.1, 0.15) is 41.2 Å². The molecule has 1 aromatic rings. The van der Waals surface area contributed by atoms with E-state index in [1.165, 1.54) is 0 Å². The van der Waals surface area contributed by atoms with Crippen molar-refractivity contribution in [3.63, 3.8) is 0 Å². The topological polar surface area (TPSA) is 63.4 Å². The van der Waals surface area contributed by atoms with Crippen molar-refractivity contribution in [3.8, 4) is 0 Å². The van der Waals surface area contributed by atoms with Gasteiger partial charge in [-0.1, -0.05) is 6.07 Å². The maximum atomic E-state index is 11.2. The highest BCUT2D eigenvalue weighted by Crippen LogP contribution is 2.43. The molecule has 16 heavy (non-hydrogen) atoms. The average Bonchev–Trinajstić information content (AvgIpc) is 2.82. The zero-order valence-corrected chi connectivity index (χ0v) is 8.90. The smallest absolute Gasteiger partial charge is 0.278 e. The summed E-state index contributed by atoms with van der Waals surface area (Å²) >= 11 is 0. The van der Waals surface area contributed by atoms with Gasteiger partial charge < -0.3 is 5.11 Å². The van der Waals surface area contributed by atoms with E-state index in [-0.39, 0.29) is 10.6 Å². The summed E-state index contributed by atoms with van der Waals surface area (Å²) in [7, 11) is 0. The van der Waals surface area contributed by atoms with Crippen LogP contribution in [0.25, 0.3) is 0 Å². The number of aliphatic hydroxyl groups excluding tert-OH is 1. The van der Waals surface area contributed by atoms with Crippen molar-refractivity contribution in [2.75, 3.05) is 0 Å². The van der Waals surface area contributed by atoms with E-state index in [9.17, 15) is 15.2 Å². The Morgan fingerprint density at radius 2 is 2.12 bits per heavy atom.